The quantitative estimate of drug-likeness (QED) is 0.484. The van der Waals surface area contributed by atoms with Crippen molar-refractivity contribution in [2.24, 2.45) is 0 Å². The first-order chi connectivity index (χ1) is 9.60. The molecule has 1 atom stereocenters. The van der Waals surface area contributed by atoms with Crippen LogP contribution in [0.25, 0.3) is 0 Å². The van der Waals surface area contributed by atoms with Crippen LogP contribution >= 0.6 is 15.9 Å². The Labute approximate surface area is 127 Å². The van der Waals surface area contributed by atoms with Gasteiger partial charge in [-0.2, -0.15) is 0 Å². The SMILES string of the molecule is CCCCCC(Br)c1ccc2c(c1)NC(=O)CC(=O)N2. The van der Waals surface area contributed by atoms with Crippen molar-refractivity contribution < 1.29 is 9.59 Å². The highest BCUT2D eigenvalue weighted by molar-refractivity contribution is 9.09. The van der Waals surface area contributed by atoms with Crippen molar-refractivity contribution in [1.82, 2.24) is 0 Å². The lowest BCUT2D eigenvalue weighted by Gasteiger charge is -2.14. The number of fused-ring (bicyclic) bond motifs is 1. The topological polar surface area (TPSA) is 58.2 Å². The fraction of sp³-hybridized carbons (Fsp3) is 0.467. The fourth-order valence-corrected chi connectivity index (χ4v) is 2.85. The smallest absolute Gasteiger partial charge is 0.233 e. The van der Waals surface area contributed by atoms with Crippen molar-refractivity contribution in [2.45, 2.75) is 43.9 Å². The van der Waals surface area contributed by atoms with E-state index in [1.807, 2.05) is 18.2 Å². The molecule has 0 aliphatic carbocycles. The molecule has 2 rings (SSSR count). The number of rotatable bonds is 5. The number of anilines is 2. The van der Waals surface area contributed by atoms with Crippen LogP contribution in [0.2, 0.25) is 0 Å². The molecule has 2 amide bonds. The van der Waals surface area contributed by atoms with Gasteiger partial charge in [0.05, 0.1) is 11.4 Å². The van der Waals surface area contributed by atoms with Gasteiger partial charge in [-0.15, -0.1) is 0 Å². The maximum absolute atomic E-state index is 11.6. The van der Waals surface area contributed by atoms with Crippen LogP contribution in [0, 0.1) is 0 Å². The van der Waals surface area contributed by atoms with Gasteiger partial charge in [0.25, 0.3) is 0 Å². The average Bonchev–Trinajstić information content (AvgIpc) is 2.54. The largest absolute Gasteiger partial charge is 0.324 e. The van der Waals surface area contributed by atoms with Gasteiger partial charge < -0.3 is 10.6 Å². The number of carbonyl (C=O) groups excluding carboxylic acids is 2. The molecule has 0 bridgehead atoms. The second-order valence-electron chi connectivity index (χ2n) is 5.04. The third-order valence-electron chi connectivity index (χ3n) is 3.34. The minimum atomic E-state index is -0.271. The number of amides is 2. The summed E-state index contributed by atoms with van der Waals surface area (Å²) in [6.07, 6.45) is 4.53. The minimum Gasteiger partial charge on any atom is -0.324 e. The summed E-state index contributed by atoms with van der Waals surface area (Å²) in [7, 11) is 0. The molecule has 0 radical (unpaired) electrons. The number of unbranched alkanes of at least 4 members (excludes halogenated alkanes) is 2. The van der Waals surface area contributed by atoms with Gasteiger partial charge in [0.1, 0.15) is 6.42 Å². The summed E-state index contributed by atoms with van der Waals surface area (Å²) in [4.78, 5) is 23.3. The Morgan fingerprint density at radius 3 is 2.55 bits per heavy atom. The van der Waals surface area contributed by atoms with Crippen molar-refractivity contribution in [3.63, 3.8) is 0 Å². The fourth-order valence-electron chi connectivity index (χ4n) is 2.24. The highest BCUT2D eigenvalue weighted by Gasteiger charge is 2.19. The van der Waals surface area contributed by atoms with Crippen LogP contribution in [0.15, 0.2) is 18.2 Å². The number of halogens is 1. The summed E-state index contributed by atoms with van der Waals surface area (Å²) >= 11 is 3.69. The number of hydrogen-bond acceptors (Lipinski definition) is 2. The first-order valence-corrected chi connectivity index (χ1v) is 7.89. The molecule has 1 aliphatic rings. The second-order valence-corrected chi connectivity index (χ2v) is 6.15. The zero-order valence-corrected chi connectivity index (χ0v) is 13.1. The lowest BCUT2D eigenvalue weighted by Crippen LogP contribution is -2.16. The van der Waals surface area contributed by atoms with Crippen molar-refractivity contribution >= 4 is 39.1 Å². The predicted molar refractivity (Wildman–Crippen MR) is 84.1 cm³/mol. The Hall–Kier alpha value is -1.36. The Morgan fingerprint density at radius 1 is 1.15 bits per heavy atom. The molecule has 0 fully saturated rings. The van der Waals surface area contributed by atoms with E-state index in [0.29, 0.717) is 11.4 Å². The summed E-state index contributed by atoms with van der Waals surface area (Å²) < 4.78 is 0. The maximum atomic E-state index is 11.6. The van der Waals surface area contributed by atoms with Crippen LogP contribution in [-0.2, 0) is 9.59 Å². The molecule has 4 nitrogen and oxygen atoms in total. The summed E-state index contributed by atoms with van der Waals surface area (Å²) in [6.45, 7) is 2.18. The van der Waals surface area contributed by atoms with Crippen LogP contribution < -0.4 is 10.6 Å². The van der Waals surface area contributed by atoms with Crippen LogP contribution in [0.1, 0.15) is 49.4 Å². The summed E-state index contributed by atoms with van der Waals surface area (Å²) in [5, 5.41) is 5.51. The average molecular weight is 339 g/mol. The molecule has 2 N–H and O–H groups in total. The van der Waals surface area contributed by atoms with Crippen LogP contribution in [-0.4, -0.2) is 11.8 Å². The van der Waals surface area contributed by atoms with E-state index in [-0.39, 0.29) is 23.1 Å². The van der Waals surface area contributed by atoms with Gasteiger partial charge in [0.15, 0.2) is 0 Å². The van der Waals surface area contributed by atoms with E-state index in [2.05, 4.69) is 33.5 Å². The van der Waals surface area contributed by atoms with Crippen molar-refractivity contribution in [1.29, 1.82) is 0 Å². The van der Waals surface area contributed by atoms with Crippen LogP contribution in [0.4, 0.5) is 11.4 Å². The maximum Gasteiger partial charge on any atom is 0.233 e. The third kappa shape index (κ3) is 3.82. The molecule has 1 aromatic rings. The minimum absolute atomic E-state index is 0.127. The lowest BCUT2D eigenvalue weighted by molar-refractivity contribution is -0.123. The standard InChI is InChI=1S/C15H19BrN2O2/c1-2-3-4-5-11(16)10-6-7-12-13(8-10)18-15(20)9-14(19)17-12/h6-8,11H,2-5,9H2,1H3,(H,17,19)(H,18,20). The number of carbonyl (C=O) groups is 2. The van der Waals surface area contributed by atoms with Gasteiger partial charge in [0.2, 0.25) is 11.8 Å². The molecule has 5 heteroatoms. The Kier molecular flexibility index (Phi) is 5.17. The number of benzene rings is 1. The molecule has 1 aliphatic heterocycles. The summed E-state index contributed by atoms with van der Waals surface area (Å²) in [6, 6.07) is 5.77. The first-order valence-electron chi connectivity index (χ1n) is 6.98. The van der Waals surface area contributed by atoms with E-state index in [4.69, 9.17) is 0 Å². The highest BCUT2D eigenvalue weighted by Crippen LogP contribution is 2.34. The predicted octanol–water partition coefficient (Wildman–Crippen LogP) is 3.98. The Bertz CT molecular complexity index is 517. The summed E-state index contributed by atoms with van der Waals surface area (Å²) in [5.74, 6) is -0.539. The zero-order chi connectivity index (χ0) is 14.5. The zero-order valence-electron chi connectivity index (χ0n) is 11.5. The third-order valence-corrected chi connectivity index (χ3v) is 4.32. The Morgan fingerprint density at radius 2 is 1.85 bits per heavy atom. The number of nitrogens with one attached hydrogen (secondary N) is 2. The van der Waals surface area contributed by atoms with E-state index in [9.17, 15) is 9.59 Å². The van der Waals surface area contributed by atoms with E-state index < -0.39 is 0 Å². The van der Waals surface area contributed by atoms with Gasteiger partial charge >= 0.3 is 0 Å². The van der Waals surface area contributed by atoms with Crippen LogP contribution in [0.3, 0.4) is 0 Å². The number of hydrogen-bond donors (Lipinski definition) is 2. The number of alkyl halides is 1. The molecule has 1 aromatic carbocycles. The second kappa shape index (κ2) is 6.88. The van der Waals surface area contributed by atoms with Gasteiger partial charge in [-0.1, -0.05) is 48.2 Å². The molecular formula is C15H19BrN2O2. The molecule has 108 valence electrons. The van der Waals surface area contributed by atoms with E-state index in [1.165, 1.54) is 19.3 Å². The molecule has 0 saturated heterocycles. The normalized spacial score (nSPS) is 15.9. The van der Waals surface area contributed by atoms with Gasteiger partial charge in [0, 0.05) is 4.83 Å². The van der Waals surface area contributed by atoms with Gasteiger partial charge in [-0.3, -0.25) is 9.59 Å². The highest BCUT2D eigenvalue weighted by atomic mass is 79.9. The molecule has 0 saturated carbocycles. The lowest BCUT2D eigenvalue weighted by atomic mass is 10.0. The monoisotopic (exact) mass is 338 g/mol. The van der Waals surface area contributed by atoms with Crippen molar-refractivity contribution in [3.05, 3.63) is 23.8 Å². The van der Waals surface area contributed by atoms with E-state index in [1.54, 1.807) is 0 Å². The van der Waals surface area contributed by atoms with Crippen LogP contribution in [0.5, 0.6) is 0 Å². The molecular weight excluding hydrogens is 320 g/mol. The summed E-state index contributed by atoms with van der Waals surface area (Å²) in [5.41, 5.74) is 2.47. The molecule has 0 spiro atoms. The molecule has 1 heterocycles. The molecule has 0 aromatic heterocycles. The van der Waals surface area contributed by atoms with Gasteiger partial charge in [-0.05, 0) is 24.1 Å². The van der Waals surface area contributed by atoms with E-state index in [0.717, 1.165) is 12.0 Å². The van der Waals surface area contributed by atoms with Crippen molar-refractivity contribution in [3.8, 4) is 0 Å². The molecule has 1 unspecified atom stereocenters. The first kappa shape index (κ1) is 15.0. The van der Waals surface area contributed by atoms with Crippen molar-refractivity contribution in [2.75, 3.05) is 10.6 Å². The van der Waals surface area contributed by atoms with Gasteiger partial charge in [-0.25, -0.2) is 0 Å². The van der Waals surface area contributed by atoms with E-state index >= 15 is 0 Å². The molecule has 20 heavy (non-hydrogen) atoms. The Balaban J connectivity index is 2.14.